The lowest BCUT2D eigenvalue weighted by molar-refractivity contribution is -0.126. The largest absolute Gasteiger partial charge is 0.349 e. The summed E-state index contributed by atoms with van der Waals surface area (Å²) in [6.45, 7) is 5.51. The van der Waals surface area contributed by atoms with Crippen LogP contribution in [0.5, 0.6) is 0 Å². The van der Waals surface area contributed by atoms with E-state index in [1.54, 1.807) is 0 Å². The molecule has 0 bridgehead atoms. The van der Waals surface area contributed by atoms with Crippen LogP contribution >= 0.6 is 0 Å². The Bertz CT molecular complexity index is 510. The van der Waals surface area contributed by atoms with Crippen LogP contribution in [0.1, 0.15) is 37.1 Å². The van der Waals surface area contributed by atoms with Crippen LogP contribution in [0.2, 0.25) is 0 Å². The quantitative estimate of drug-likeness (QED) is 0.876. The lowest BCUT2D eigenvalue weighted by Crippen LogP contribution is -2.50. The zero-order valence-electron chi connectivity index (χ0n) is 13.4. The fourth-order valence-electron chi connectivity index (χ4n) is 3.53. The predicted octanol–water partition coefficient (Wildman–Crippen LogP) is 0.553. The van der Waals surface area contributed by atoms with E-state index in [1.165, 1.54) is 0 Å². The van der Waals surface area contributed by atoms with Crippen LogP contribution in [0.25, 0.3) is 0 Å². The monoisotopic (exact) mass is 307 g/mol. The van der Waals surface area contributed by atoms with Crippen molar-refractivity contribution in [1.29, 1.82) is 0 Å². The molecule has 2 fully saturated rings. The summed E-state index contributed by atoms with van der Waals surface area (Å²) in [5.74, 6) is 0.110. The second-order valence-electron chi connectivity index (χ2n) is 6.44. The third-order valence-corrected chi connectivity index (χ3v) is 4.93. The zero-order valence-corrected chi connectivity index (χ0v) is 13.4. The minimum Gasteiger partial charge on any atom is -0.349 e. The van der Waals surface area contributed by atoms with E-state index in [9.17, 15) is 4.79 Å². The number of amides is 1. The molecule has 0 radical (unpaired) electrons. The van der Waals surface area contributed by atoms with E-state index in [1.807, 2.05) is 6.92 Å². The van der Waals surface area contributed by atoms with Crippen molar-refractivity contribution in [3.63, 3.8) is 0 Å². The minimum atomic E-state index is 0.00794. The van der Waals surface area contributed by atoms with Gasteiger partial charge in [0.05, 0.1) is 12.6 Å². The van der Waals surface area contributed by atoms with Crippen molar-refractivity contribution < 1.29 is 9.42 Å². The van der Waals surface area contributed by atoms with Crippen molar-refractivity contribution in [1.82, 2.24) is 25.4 Å². The van der Waals surface area contributed by atoms with Gasteiger partial charge in [0.2, 0.25) is 5.91 Å². The zero-order chi connectivity index (χ0) is 15.5. The van der Waals surface area contributed by atoms with Gasteiger partial charge < -0.3 is 10.2 Å². The third-order valence-electron chi connectivity index (χ3n) is 4.93. The standard InChI is InChI=1S/C15H25N5O2/c1-11-13(18-22-17-11)10-16-15(21)14-4-3-7-20(14)12-5-8-19(2)9-6-12/h12,14H,3-10H2,1-2H3,(H,16,21). The van der Waals surface area contributed by atoms with E-state index in [4.69, 9.17) is 0 Å². The molecule has 1 unspecified atom stereocenters. The fraction of sp³-hybridized carbons (Fsp3) is 0.800. The van der Waals surface area contributed by atoms with Gasteiger partial charge in [0.1, 0.15) is 11.4 Å². The van der Waals surface area contributed by atoms with Crippen LogP contribution < -0.4 is 5.32 Å². The van der Waals surface area contributed by atoms with E-state index in [0.29, 0.717) is 18.3 Å². The Labute approximate surface area is 131 Å². The molecule has 0 aliphatic carbocycles. The van der Waals surface area contributed by atoms with Gasteiger partial charge in [-0.15, -0.1) is 0 Å². The SMILES string of the molecule is Cc1nonc1CNC(=O)C1CCCN1C1CCN(C)CC1. The van der Waals surface area contributed by atoms with E-state index in [2.05, 4.69) is 37.1 Å². The topological polar surface area (TPSA) is 74.5 Å². The summed E-state index contributed by atoms with van der Waals surface area (Å²) in [6.07, 6.45) is 4.38. The molecule has 1 N–H and O–H groups in total. The van der Waals surface area contributed by atoms with E-state index < -0.39 is 0 Å². The molecule has 0 saturated carbocycles. The first kappa shape index (κ1) is 15.4. The molecular weight excluding hydrogens is 282 g/mol. The Morgan fingerprint density at radius 1 is 1.27 bits per heavy atom. The maximum Gasteiger partial charge on any atom is 0.237 e. The van der Waals surface area contributed by atoms with Crippen LogP contribution in [0, 0.1) is 6.92 Å². The number of likely N-dealkylation sites (tertiary alicyclic amines) is 2. The Morgan fingerprint density at radius 3 is 2.73 bits per heavy atom. The second-order valence-corrected chi connectivity index (χ2v) is 6.44. The highest BCUT2D eigenvalue weighted by molar-refractivity contribution is 5.82. The van der Waals surface area contributed by atoms with Crippen molar-refractivity contribution in [2.24, 2.45) is 0 Å². The van der Waals surface area contributed by atoms with Gasteiger partial charge in [-0.3, -0.25) is 9.69 Å². The van der Waals surface area contributed by atoms with Crippen LogP contribution in [0.15, 0.2) is 4.63 Å². The molecule has 1 aromatic rings. The number of aromatic nitrogens is 2. The van der Waals surface area contributed by atoms with Gasteiger partial charge in [-0.1, -0.05) is 10.3 Å². The van der Waals surface area contributed by atoms with Crippen LogP contribution in [-0.2, 0) is 11.3 Å². The molecule has 2 saturated heterocycles. The number of hydrogen-bond donors (Lipinski definition) is 1. The summed E-state index contributed by atoms with van der Waals surface area (Å²) in [5, 5.41) is 10.5. The molecule has 3 heterocycles. The van der Waals surface area contributed by atoms with Crippen LogP contribution in [0.3, 0.4) is 0 Å². The first-order valence-electron chi connectivity index (χ1n) is 8.15. The molecule has 22 heavy (non-hydrogen) atoms. The molecule has 122 valence electrons. The van der Waals surface area contributed by atoms with E-state index in [-0.39, 0.29) is 11.9 Å². The highest BCUT2D eigenvalue weighted by Gasteiger charge is 2.36. The van der Waals surface area contributed by atoms with Crippen molar-refractivity contribution in [2.45, 2.75) is 51.2 Å². The summed E-state index contributed by atoms with van der Waals surface area (Å²) in [4.78, 5) is 17.3. The van der Waals surface area contributed by atoms with Crippen LogP contribution in [0.4, 0.5) is 0 Å². The van der Waals surface area contributed by atoms with Gasteiger partial charge in [0, 0.05) is 6.04 Å². The lowest BCUT2D eigenvalue weighted by Gasteiger charge is -2.37. The first-order chi connectivity index (χ1) is 10.6. The average Bonchev–Trinajstić information content (AvgIpc) is 3.15. The maximum atomic E-state index is 12.5. The summed E-state index contributed by atoms with van der Waals surface area (Å²) in [7, 11) is 2.17. The molecule has 1 aromatic heterocycles. The van der Waals surface area contributed by atoms with Crippen molar-refractivity contribution >= 4 is 5.91 Å². The fourth-order valence-corrected chi connectivity index (χ4v) is 3.53. The van der Waals surface area contributed by atoms with Gasteiger partial charge in [0.25, 0.3) is 0 Å². The molecule has 1 atom stereocenters. The molecule has 0 spiro atoms. The molecule has 0 aromatic carbocycles. The Hall–Kier alpha value is -1.47. The number of aryl methyl sites for hydroxylation is 1. The molecule has 2 aliphatic heterocycles. The molecule has 7 heteroatoms. The second kappa shape index (κ2) is 6.75. The van der Waals surface area contributed by atoms with E-state index in [0.717, 1.165) is 51.0 Å². The lowest BCUT2D eigenvalue weighted by atomic mass is 10.0. The third kappa shape index (κ3) is 3.30. The summed E-state index contributed by atoms with van der Waals surface area (Å²) in [6, 6.07) is 0.554. The van der Waals surface area contributed by atoms with E-state index >= 15 is 0 Å². The number of carbonyl (C=O) groups is 1. The maximum absolute atomic E-state index is 12.5. The number of nitrogens with one attached hydrogen (secondary N) is 1. The highest BCUT2D eigenvalue weighted by Crippen LogP contribution is 2.25. The Morgan fingerprint density at radius 2 is 2.05 bits per heavy atom. The van der Waals surface area contributed by atoms with Gasteiger partial charge in [-0.25, -0.2) is 4.63 Å². The van der Waals surface area contributed by atoms with Gasteiger partial charge in [0.15, 0.2) is 0 Å². The summed E-state index contributed by atoms with van der Waals surface area (Å²) in [5.41, 5.74) is 1.44. The molecule has 2 aliphatic rings. The van der Waals surface area contributed by atoms with Gasteiger partial charge >= 0.3 is 0 Å². The van der Waals surface area contributed by atoms with Gasteiger partial charge in [-0.05, 0) is 59.3 Å². The number of carbonyl (C=O) groups excluding carboxylic acids is 1. The smallest absolute Gasteiger partial charge is 0.237 e. The highest BCUT2D eigenvalue weighted by atomic mass is 16.6. The molecule has 3 rings (SSSR count). The van der Waals surface area contributed by atoms with Gasteiger partial charge in [-0.2, -0.15) is 0 Å². The number of hydrogen-bond acceptors (Lipinski definition) is 6. The minimum absolute atomic E-state index is 0.00794. The Balaban J connectivity index is 1.55. The first-order valence-corrected chi connectivity index (χ1v) is 8.15. The van der Waals surface area contributed by atoms with Crippen molar-refractivity contribution in [3.05, 3.63) is 11.4 Å². The number of piperidine rings is 1. The molecular formula is C15H25N5O2. The normalized spacial score (nSPS) is 24.7. The van der Waals surface area contributed by atoms with Crippen molar-refractivity contribution in [2.75, 3.05) is 26.7 Å². The van der Waals surface area contributed by atoms with Crippen molar-refractivity contribution in [3.8, 4) is 0 Å². The predicted molar refractivity (Wildman–Crippen MR) is 81.1 cm³/mol. The molecule has 7 nitrogen and oxygen atoms in total. The number of nitrogens with zero attached hydrogens (tertiary/aromatic N) is 4. The Kier molecular flexibility index (Phi) is 4.73. The molecule has 1 amide bonds. The average molecular weight is 307 g/mol. The number of rotatable bonds is 4. The van der Waals surface area contributed by atoms with Crippen LogP contribution in [-0.4, -0.2) is 64.8 Å². The summed E-state index contributed by atoms with van der Waals surface area (Å²) >= 11 is 0. The summed E-state index contributed by atoms with van der Waals surface area (Å²) < 4.78 is 4.66.